The molecule has 2 aromatic rings. The second-order valence-corrected chi connectivity index (χ2v) is 9.11. The van der Waals surface area contributed by atoms with Gasteiger partial charge in [0.25, 0.3) is 5.91 Å². The van der Waals surface area contributed by atoms with Crippen molar-refractivity contribution in [3.05, 3.63) is 56.8 Å². The van der Waals surface area contributed by atoms with E-state index in [1.54, 1.807) is 11.3 Å². The van der Waals surface area contributed by atoms with Gasteiger partial charge in [-0.1, -0.05) is 24.3 Å². The molecule has 0 radical (unpaired) electrons. The number of carbonyl (C=O) groups is 1. The molecule has 1 aromatic heterocycles. The molecule has 1 amide bonds. The van der Waals surface area contributed by atoms with Crippen molar-refractivity contribution in [2.75, 3.05) is 19.7 Å². The number of carbonyl (C=O) groups excluding carboxylic acids is 1. The number of fused-ring (bicyclic) bond motifs is 3. The molecule has 2 N–H and O–H groups in total. The summed E-state index contributed by atoms with van der Waals surface area (Å²) in [5.41, 5.74) is 3.91. The third kappa shape index (κ3) is 3.22. The maximum absolute atomic E-state index is 13.0. The van der Waals surface area contributed by atoms with E-state index < -0.39 is 0 Å². The van der Waals surface area contributed by atoms with E-state index in [0.717, 1.165) is 63.1 Å². The van der Waals surface area contributed by atoms with Crippen LogP contribution in [0.3, 0.4) is 0 Å². The summed E-state index contributed by atoms with van der Waals surface area (Å²) in [4.78, 5) is 15.2. The largest absolute Gasteiger partial charge is 0.370 e. The van der Waals surface area contributed by atoms with Gasteiger partial charge < -0.3 is 15.4 Å². The third-order valence-corrected chi connectivity index (χ3v) is 7.52. The number of benzene rings is 1. The average molecular weight is 383 g/mol. The van der Waals surface area contributed by atoms with Crippen LogP contribution in [0.5, 0.6) is 0 Å². The normalized spacial score (nSPS) is 23.5. The number of amides is 1. The van der Waals surface area contributed by atoms with E-state index in [4.69, 9.17) is 4.74 Å². The topological polar surface area (TPSA) is 50.4 Å². The van der Waals surface area contributed by atoms with Crippen LogP contribution in [0.25, 0.3) is 0 Å². The molecule has 3 heterocycles. The first kappa shape index (κ1) is 17.4. The van der Waals surface area contributed by atoms with Crippen LogP contribution in [0.4, 0.5) is 0 Å². The minimum Gasteiger partial charge on any atom is -0.370 e. The quantitative estimate of drug-likeness (QED) is 0.839. The highest BCUT2D eigenvalue weighted by molar-refractivity contribution is 7.14. The van der Waals surface area contributed by atoms with Gasteiger partial charge in [0.2, 0.25) is 0 Å². The molecule has 0 bridgehead atoms. The molecular weight excluding hydrogens is 356 g/mol. The van der Waals surface area contributed by atoms with Crippen molar-refractivity contribution in [2.24, 2.45) is 0 Å². The summed E-state index contributed by atoms with van der Waals surface area (Å²) in [5, 5.41) is 6.72. The second kappa shape index (κ2) is 7.04. The maximum atomic E-state index is 13.0. The Bertz CT molecular complexity index is 854. The number of piperidine rings is 1. The van der Waals surface area contributed by atoms with Gasteiger partial charge in [0.05, 0.1) is 17.1 Å². The lowest BCUT2D eigenvalue weighted by atomic mass is 9.83. The molecule has 3 aliphatic rings. The Labute approximate surface area is 164 Å². The van der Waals surface area contributed by atoms with Crippen LogP contribution in [0.1, 0.15) is 50.5 Å². The minimum atomic E-state index is -0.169. The van der Waals surface area contributed by atoms with E-state index in [-0.39, 0.29) is 17.6 Å². The molecule has 5 heteroatoms. The van der Waals surface area contributed by atoms with Gasteiger partial charge in [-0.3, -0.25) is 4.79 Å². The monoisotopic (exact) mass is 382 g/mol. The number of ether oxygens (including phenoxy) is 1. The number of nitrogens with one attached hydrogen (secondary N) is 2. The van der Waals surface area contributed by atoms with Gasteiger partial charge in [-0.2, -0.15) is 0 Å². The zero-order valence-corrected chi connectivity index (χ0v) is 16.4. The van der Waals surface area contributed by atoms with Crippen LogP contribution in [0.2, 0.25) is 0 Å². The van der Waals surface area contributed by atoms with Gasteiger partial charge in [0.15, 0.2) is 0 Å². The van der Waals surface area contributed by atoms with Crippen molar-refractivity contribution in [3.8, 4) is 0 Å². The lowest BCUT2D eigenvalue weighted by Crippen LogP contribution is -2.44. The van der Waals surface area contributed by atoms with Gasteiger partial charge in [-0.25, -0.2) is 0 Å². The molecule has 5 rings (SSSR count). The number of thiophene rings is 1. The number of hydrogen-bond donors (Lipinski definition) is 2. The standard InChI is InChI=1S/C22H26N2O2S/c25-21(24-17-6-5-15-3-1-2-4-16(15)13-17)20-14-18-19(27-20)7-12-26-22(18)8-10-23-11-9-22/h1-4,14,17,23H,5-13H2,(H,24,25). The summed E-state index contributed by atoms with van der Waals surface area (Å²) in [6.45, 7) is 2.74. The SMILES string of the molecule is O=C(NC1CCc2ccccc2C1)c1cc2c(s1)CCOC21CCNCC1. The molecule has 1 atom stereocenters. The first-order valence-electron chi connectivity index (χ1n) is 10.1. The molecule has 1 aliphatic carbocycles. The second-order valence-electron chi connectivity index (χ2n) is 7.97. The molecule has 2 aliphatic heterocycles. The van der Waals surface area contributed by atoms with Crippen molar-refractivity contribution in [1.82, 2.24) is 10.6 Å². The Balaban J connectivity index is 1.33. The Morgan fingerprint density at radius 2 is 2.00 bits per heavy atom. The molecule has 27 heavy (non-hydrogen) atoms. The Morgan fingerprint density at radius 1 is 1.19 bits per heavy atom. The molecule has 142 valence electrons. The predicted molar refractivity (Wildman–Crippen MR) is 107 cm³/mol. The molecular formula is C22H26N2O2S. The van der Waals surface area contributed by atoms with Crippen molar-refractivity contribution >= 4 is 17.2 Å². The summed E-state index contributed by atoms with van der Waals surface area (Å²) >= 11 is 1.67. The van der Waals surface area contributed by atoms with Gasteiger partial charge >= 0.3 is 0 Å². The minimum absolute atomic E-state index is 0.0860. The van der Waals surface area contributed by atoms with E-state index in [0.29, 0.717) is 0 Å². The van der Waals surface area contributed by atoms with Crippen LogP contribution >= 0.6 is 11.3 Å². The zero-order chi connectivity index (χ0) is 18.3. The maximum Gasteiger partial charge on any atom is 0.261 e. The van der Waals surface area contributed by atoms with E-state index in [1.165, 1.54) is 21.6 Å². The van der Waals surface area contributed by atoms with Crippen molar-refractivity contribution in [1.29, 1.82) is 0 Å². The molecule has 1 unspecified atom stereocenters. The Morgan fingerprint density at radius 3 is 2.85 bits per heavy atom. The molecule has 1 fully saturated rings. The fraction of sp³-hybridized carbons (Fsp3) is 0.500. The fourth-order valence-electron chi connectivity index (χ4n) is 4.85. The van der Waals surface area contributed by atoms with E-state index in [2.05, 4.69) is 41.0 Å². The molecule has 0 saturated carbocycles. The van der Waals surface area contributed by atoms with Crippen LogP contribution in [-0.4, -0.2) is 31.6 Å². The Hall–Kier alpha value is -1.69. The van der Waals surface area contributed by atoms with Gasteiger partial charge in [0, 0.05) is 17.3 Å². The highest BCUT2D eigenvalue weighted by Crippen LogP contribution is 2.43. The summed E-state index contributed by atoms with van der Waals surface area (Å²) < 4.78 is 6.25. The first-order valence-corrected chi connectivity index (χ1v) is 10.9. The summed E-state index contributed by atoms with van der Waals surface area (Å²) in [6, 6.07) is 10.9. The molecule has 1 spiro atoms. The smallest absolute Gasteiger partial charge is 0.261 e. The van der Waals surface area contributed by atoms with Gasteiger partial charge in [0.1, 0.15) is 0 Å². The summed E-state index contributed by atoms with van der Waals surface area (Å²) in [6.07, 6.45) is 5.93. The van der Waals surface area contributed by atoms with E-state index >= 15 is 0 Å². The van der Waals surface area contributed by atoms with Crippen LogP contribution in [-0.2, 0) is 29.6 Å². The van der Waals surface area contributed by atoms with Crippen LogP contribution in [0.15, 0.2) is 30.3 Å². The zero-order valence-electron chi connectivity index (χ0n) is 15.6. The number of hydrogen-bond acceptors (Lipinski definition) is 4. The fourth-order valence-corrected chi connectivity index (χ4v) is 5.98. The molecule has 4 nitrogen and oxygen atoms in total. The lowest BCUT2D eigenvalue weighted by Gasteiger charge is -2.40. The highest BCUT2D eigenvalue weighted by Gasteiger charge is 2.40. The van der Waals surface area contributed by atoms with Gasteiger partial charge in [-0.15, -0.1) is 11.3 Å². The highest BCUT2D eigenvalue weighted by atomic mass is 32.1. The van der Waals surface area contributed by atoms with E-state index in [9.17, 15) is 4.79 Å². The van der Waals surface area contributed by atoms with Crippen LogP contribution in [0, 0.1) is 0 Å². The average Bonchev–Trinajstić information content (AvgIpc) is 3.15. The summed E-state index contributed by atoms with van der Waals surface area (Å²) in [5.74, 6) is 0.0860. The summed E-state index contributed by atoms with van der Waals surface area (Å²) in [7, 11) is 0. The van der Waals surface area contributed by atoms with Crippen LogP contribution < -0.4 is 10.6 Å². The van der Waals surface area contributed by atoms with Crippen molar-refractivity contribution < 1.29 is 9.53 Å². The molecule has 1 aromatic carbocycles. The lowest BCUT2D eigenvalue weighted by molar-refractivity contribution is -0.0792. The first-order chi connectivity index (χ1) is 13.2. The Kier molecular flexibility index (Phi) is 4.54. The van der Waals surface area contributed by atoms with Crippen molar-refractivity contribution in [2.45, 2.75) is 50.2 Å². The molecule has 1 saturated heterocycles. The van der Waals surface area contributed by atoms with Gasteiger partial charge in [-0.05, 0) is 68.0 Å². The third-order valence-electron chi connectivity index (χ3n) is 6.32. The van der Waals surface area contributed by atoms with E-state index in [1.807, 2.05) is 0 Å². The number of aryl methyl sites for hydroxylation is 1. The predicted octanol–water partition coefficient (Wildman–Crippen LogP) is 3.19. The number of rotatable bonds is 2. The van der Waals surface area contributed by atoms with Crippen molar-refractivity contribution in [3.63, 3.8) is 0 Å².